The molecule has 0 saturated heterocycles. The molecule has 0 aliphatic heterocycles. The molecule has 0 radical (unpaired) electrons. The molecule has 1 aromatic rings. The first kappa shape index (κ1) is 11.2. The normalized spacial score (nSPS) is 32.2. The molecule has 2 aliphatic rings. The maximum absolute atomic E-state index is 13.6. The monoisotopic (exact) mass is 234 g/mol. The number of rotatable bonds is 4. The summed E-state index contributed by atoms with van der Waals surface area (Å²) in [4.78, 5) is 0. The Morgan fingerprint density at radius 3 is 2.59 bits per heavy atom. The second-order valence-corrected chi connectivity index (χ2v) is 5.56. The molecule has 3 N–H and O–H groups in total. The molecule has 2 aliphatic carbocycles. The highest BCUT2D eigenvalue weighted by Crippen LogP contribution is 2.55. The Kier molecular flexibility index (Phi) is 2.89. The van der Waals surface area contributed by atoms with Gasteiger partial charge in [0.1, 0.15) is 5.82 Å². The van der Waals surface area contributed by atoms with Crippen LogP contribution in [-0.2, 0) is 6.42 Å². The van der Waals surface area contributed by atoms with Crippen LogP contribution in [0.2, 0.25) is 0 Å². The molecule has 3 atom stereocenters. The molecule has 0 aromatic heterocycles. The third-order valence-electron chi connectivity index (χ3n) is 4.46. The largest absolute Gasteiger partial charge is 0.271 e. The summed E-state index contributed by atoms with van der Waals surface area (Å²) in [5.74, 6) is 8.03. The minimum atomic E-state index is -0.115. The Hall–Kier alpha value is -0.930. The van der Waals surface area contributed by atoms with E-state index in [4.69, 9.17) is 5.84 Å². The highest BCUT2D eigenvalue weighted by molar-refractivity contribution is 5.19. The summed E-state index contributed by atoms with van der Waals surface area (Å²) < 4.78 is 13.6. The van der Waals surface area contributed by atoms with Gasteiger partial charge in [-0.2, -0.15) is 0 Å². The van der Waals surface area contributed by atoms with Gasteiger partial charge in [-0.3, -0.25) is 11.3 Å². The van der Waals surface area contributed by atoms with Crippen LogP contribution in [0, 0.1) is 23.6 Å². The first-order valence-electron chi connectivity index (χ1n) is 6.47. The number of benzene rings is 1. The van der Waals surface area contributed by atoms with Crippen LogP contribution in [0.25, 0.3) is 0 Å². The van der Waals surface area contributed by atoms with Crippen molar-refractivity contribution in [1.82, 2.24) is 5.43 Å². The summed E-state index contributed by atoms with van der Waals surface area (Å²) >= 11 is 0. The van der Waals surface area contributed by atoms with E-state index in [1.807, 2.05) is 12.1 Å². The lowest BCUT2D eigenvalue weighted by Crippen LogP contribution is -2.42. The molecule has 3 heteroatoms. The second-order valence-electron chi connectivity index (χ2n) is 5.56. The van der Waals surface area contributed by atoms with Gasteiger partial charge in [0.25, 0.3) is 0 Å². The standard InChI is InChI=1S/C14H19FN2/c15-13-4-2-1-3-9(13)8-14(17-16)12-6-10-5-11(10)7-12/h1-4,10-12,14,17H,5-8,16H2. The fourth-order valence-corrected chi connectivity index (χ4v) is 3.35. The van der Waals surface area contributed by atoms with Gasteiger partial charge in [0.05, 0.1) is 0 Å². The van der Waals surface area contributed by atoms with Crippen LogP contribution in [0.5, 0.6) is 0 Å². The number of halogens is 1. The van der Waals surface area contributed by atoms with Crippen molar-refractivity contribution in [3.05, 3.63) is 35.6 Å². The minimum Gasteiger partial charge on any atom is -0.271 e. The number of hydrazine groups is 1. The minimum absolute atomic E-state index is 0.115. The van der Waals surface area contributed by atoms with Crippen LogP contribution in [0.4, 0.5) is 4.39 Å². The average molecular weight is 234 g/mol. The van der Waals surface area contributed by atoms with E-state index >= 15 is 0 Å². The summed E-state index contributed by atoms with van der Waals surface area (Å²) in [5.41, 5.74) is 3.67. The van der Waals surface area contributed by atoms with E-state index in [0.29, 0.717) is 12.3 Å². The fourth-order valence-electron chi connectivity index (χ4n) is 3.35. The van der Waals surface area contributed by atoms with Crippen LogP contribution >= 0.6 is 0 Å². The van der Waals surface area contributed by atoms with Crippen molar-refractivity contribution in [2.24, 2.45) is 23.6 Å². The van der Waals surface area contributed by atoms with Gasteiger partial charge in [0, 0.05) is 6.04 Å². The molecular weight excluding hydrogens is 215 g/mol. The molecule has 0 heterocycles. The van der Waals surface area contributed by atoms with E-state index in [-0.39, 0.29) is 11.9 Å². The smallest absolute Gasteiger partial charge is 0.126 e. The van der Waals surface area contributed by atoms with Gasteiger partial charge in [0.2, 0.25) is 0 Å². The molecule has 2 fully saturated rings. The van der Waals surface area contributed by atoms with Crippen LogP contribution in [0.3, 0.4) is 0 Å². The van der Waals surface area contributed by atoms with Crippen LogP contribution < -0.4 is 11.3 Å². The molecule has 2 saturated carbocycles. The lowest BCUT2D eigenvalue weighted by Gasteiger charge is -2.24. The third-order valence-corrected chi connectivity index (χ3v) is 4.46. The number of hydrogen-bond donors (Lipinski definition) is 2. The summed E-state index contributed by atoms with van der Waals surface area (Å²) in [5, 5.41) is 0. The number of fused-ring (bicyclic) bond motifs is 1. The first-order chi connectivity index (χ1) is 8.28. The van der Waals surface area contributed by atoms with Gasteiger partial charge >= 0.3 is 0 Å². The Balaban J connectivity index is 1.67. The molecule has 3 unspecified atom stereocenters. The van der Waals surface area contributed by atoms with Gasteiger partial charge in [-0.25, -0.2) is 4.39 Å². The average Bonchev–Trinajstić information content (AvgIpc) is 2.95. The zero-order chi connectivity index (χ0) is 11.8. The maximum Gasteiger partial charge on any atom is 0.126 e. The number of hydrogen-bond acceptors (Lipinski definition) is 2. The highest BCUT2D eigenvalue weighted by Gasteiger charge is 2.47. The molecule has 1 aromatic carbocycles. The molecule has 0 bridgehead atoms. The van der Waals surface area contributed by atoms with Gasteiger partial charge in [-0.1, -0.05) is 18.2 Å². The van der Waals surface area contributed by atoms with Crippen molar-refractivity contribution in [2.45, 2.75) is 31.7 Å². The van der Waals surface area contributed by atoms with Crippen molar-refractivity contribution in [3.63, 3.8) is 0 Å². The van der Waals surface area contributed by atoms with Crippen molar-refractivity contribution in [3.8, 4) is 0 Å². The Morgan fingerprint density at radius 2 is 1.94 bits per heavy atom. The van der Waals surface area contributed by atoms with Crippen molar-refractivity contribution >= 4 is 0 Å². The summed E-state index contributed by atoms with van der Waals surface area (Å²) in [6.45, 7) is 0. The predicted molar refractivity (Wildman–Crippen MR) is 65.5 cm³/mol. The van der Waals surface area contributed by atoms with E-state index in [2.05, 4.69) is 5.43 Å². The fraction of sp³-hybridized carbons (Fsp3) is 0.571. The predicted octanol–water partition coefficient (Wildman–Crippen LogP) is 2.25. The second kappa shape index (κ2) is 4.39. The molecule has 3 rings (SSSR count). The summed E-state index contributed by atoms with van der Waals surface area (Å²) in [6, 6.07) is 7.22. The van der Waals surface area contributed by atoms with E-state index in [0.717, 1.165) is 17.4 Å². The molecule has 92 valence electrons. The van der Waals surface area contributed by atoms with E-state index in [9.17, 15) is 4.39 Å². The lowest BCUT2D eigenvalue weighted by atomic mass is 9.90. The van der Waals surface area contributed by atoms with Crippen LogP contribution in [0.1, 0.15) is 24.8 Å². The van der Waals surface area contributed by atoms with Gasteiger partial charge in [-0.15, -0.1) is 0 Å². The van der Waals surface area contributed by atoms with E-state index in [1.165, 1.54) is 25.3 Å². The summed E-state index contributed by atoms with van der Waals surface area (Å²) in [7, 11) is 0. The number of nitrogens with two attached hydrogens (primary N) is 1. The maximum atomic E-state index is 13.6. The topological polar surface area (TPSA) is 38.0 Å². The molecule has 0 amide bonds. The van der Waals surface area contributed by atoms with Crippen molar-refractivity contribution in [1.29, 1.82) is 0 Å². The quantitative estimate of drug-likeness (QED) is 0.619. The molecule has 2 nitrogen and oxygen atoms in total. The lowest BCUT2D eigenvalue weighted by molar-refractivity contribution is 0.333. The van der Waals surface area contributed by atoms with Crippen molar-refractivity contribution in [2.75, 3.05) is 0 Å². The van der Waals surface area contributed by atoms with Crippen LogP contribution in [0.15, 0.2) is 24.3 Å². The summed E-state index contributed by atoms with van der Waals surface area (Å²) in [6.07, 6.45) is 4.66. The first-order valence-corrected chi connectivity index (χ1v) is 6.47. The number of nitrogens with one attached hydrogen (secondary N) is 1. The van der Waals surface area contributed by atoms with Crippen molar-refractivity contribution < 1.29 is 4.39 Å². The SMILES string of the molecule is NNC(Cc1ccccc1F)C1CC2CC2C1. The van der Waals surface area contributed by atoms with Gasteiger partial charge in [-0.05, 0) is 55.1 Å². The Labute approximate surface area is 101 Å². The van der Waals surface area contributed by atoms with Crippen LogP contribution in [-0.4, -0.2) is 6.04 Å². The zero-order valence-corrected chi connectivity index (χ0v) is 9.90. The molecule has 17 heavy (non-hydrogen) atoms. The Bertz CT molecular complexity index is 397. The highest BCUT2D eigenvalue weighted by atomic mass is 19.1. The molecule has 0 spiro atoms. The third kappa shape index (κ3) is 2.22. The van der Waals surface area contributed by atoms with Gasteiger partial charge in [0.15, 0.2) is 0 Å². The molecular formula is C14H19FN2. The van der Waals surface area contributed by atoms with E-state index in [1.54, 1.807) is 6.07 Å². The zero-order valence-electron chi connectivity index (χ0n) is 9.90. The Morgan fingerprint density at radius 1 is 1.24 bits per heavy atom. The van der Waals surface area contributed by atoms with Gasteiger partial charge < -0.3 is 0 Å². The van der Waals surface area contributed by atoms with E-state index < -0.39 is 0 Å².